The number of rotatable bonds is 2. The zero-order valence-corrected chi connectivity index (χ0v) is 11.2. The van der Waals surface area contributed by atoms with Crippen molar-refractivity contribution in [3.8, 4) is 0 Å². The van der Waals surface area contributed by atoms with E-state index in [9.17, 15) is 5.11 Å². The van der Waals surface area contributed by atoms with E-state index in [4.69, 9.17) is 16.0 Å². The van der Waals surface area contributed by atoms with E-state index in [-0.39, 0.29) is 0 Å². The summed E-state index contributed by atoms with van der Waals surface area (Å²) in [5.74, 6) is 0.728. The van der Waals surface area contributed by atoms with Crippen LogP contribution in [-0.4, -0.2) is 5.11 Å². The lowest BCUT2D eigenvalue weighted by molar-refractivity contribution is 0.219. The highest BCUT2D eigenvalue weighted by molar-refractivity contribution is 6.35. The van der Waals surface area contributed by atoms with Crippen molar-refractivity contribution in [1.82, 2.24) is 0 Å². The van der Waals surface area contributed by atoms with Crippen molar-refractivity contribution in [1.29, 1.82) is 0 Å². The van der Waals surface area contributed by atoms with Crippen LogP contribution in [0.1, 0.15) is 23.0 Å². The highest BCUT2D eigenvalue weighted by atomic mass is 35.5. The third-order valence-electron chi connectivity index (χ3n) is 3.39. The Hall–Kier alpha value is -1.77. The largest absolute Gasteiger partial charge is 0.469 e. The van der Waals surface area contributed by atoms with Gasteiger partial charge in [0.05, 0.1) is 6.26 Å². The summed E-state index contributed by atoms with van der Waals surface area (Å²) in [7, 11) is 0. The van der Waals surface area contributed by atoms with E-state index in [0.29, 0.717) is 5.02 Å². The molecule has 0 saturated heterocycles. The van der Waals surface area contributed by atoms with Crippen LogP contribution in [0.3, 0.4) is 0 Å². The van der Waals surface area contributed by atoms with Crippen LogP contribution < -0.4 is 0 Å². The molecule has 1 unspecified atom stereocenters. The van der Waals surface area contributed by atoms with Crippen molar-refractivity contribution >= 4 is 22.4 Å². The van der Waals surface area contributed by atoms with Gasteiger partial charge in [-0.15, -0.1) is 0 Å². The van der Waals surface area contributed by atoms with Gasteiger partial charge in [-0.25, -0.2) is 0 Å². The average Bonchev–Trinajstić information content (AvgIpc) is 2.85. The number of aliphatic hydroxyl groups is 1. The molecule has 1 aromatic heterocycles. The van der Waals surface area contributed by atoms with Crippen LogP contribution in [-0.2, 0) is 0 Å². The van der Waals surface area contributed by atoms with Crippen LogP contribution in [0.15, 0.2) is 53.1 Å². The van der Waals surface area contributed by atoms with Crippen LogP contribution in [0.2, 0.25) is 5.02 Å². The molecule has 0 aliphatic heterocycles. The van der Waals surface area contributed by atoms with Crippen LogP contribution in [0.25, 0.3) is 10.8 Å². The van der Waals surface area contributed by atoms with E-state index >= 15 is 0 Å². The summed E-state index contributed by atoms with van der Waals surface area (Å²) in [5.41, 5.74) is 1.62. The zero-order valence-electron chi connectivity index (χ0n) is 10.4. The van der Waals surface area contributed by atoms with Gasteiger partial charge in [0.15, 0.2) is 0 Å². The van der Waals surface area contributed by atoms with Gasteiger partial charge < -0.3 is 9.52 Å². The summed E-state index contributed by atoms with van der Waals surface area (Å²) in [6.07, 6.45) is 0.882. The molecule has 1 N–H and O–H groups in total. The third-order valence-corrected chi connectivity index (χ3v) is 3.72. The molecule has 2 nitrogen and oxygen atoms in total. The maximum absolute atomic E-state index is 10.5. The van der Waals surface area contributed by atoms with E-state index in [0.717, 1.165) is 27.7 Å². The molecule has 0 aliphatic rings. The number of aliphatic hydroxyl groups excluding tert-OH is 1. The van der Waals surface area contributed by atoms with Gasteiger partial charge in [0, 0.05) is 16.0 Å². The van der Waals surface area contributed by atoms with Gasteiger partial charge in [-0.3, -0.25) is 0 Å². The minimum atomic E-state index is -0.707. The quantitative estimate of drug-likeness (QED) is 0.746. The fourth-order valence-electron chi connectivity index (χ4n) is 2.37. The molecule has 96 valence electrons. The van der Waals surface area contributed by atoms with Crippen LogP contribution >= 0.6 is 11.6 Å². The van der Waals surface area contributed by atoms with Crippen molar-refractivity contribution in [2.45, 2.75) is 13.0 Å². The number of benzene rings is 2. The lowest BCUT2D eigenvalue weighted by atomic mass is 9.96. The Balaban J connectivity index is 2.21. The maximum Gasteiger partial charge on any atom is 0.108 e. The molecule has 3 rings (SSSR count). The number of hydrogen-bond donors (Lipinski definition) is 1. The fourth-order valence-corrected chi connectivity index (χ4v) is 2.60. The lowest BCUT2D eigenvalue weighted by Crippen LogP contribution is -2.01. The summed E-state index contributed by atoms with van der Waals surface area (Å²) >= 11 is 6.19. The van der Waals surface area contributed by atoms with Crippen molar-refractivity contribution in [3.05, 3.63) is 70.6 Å². The van der Waals surface area contributed by atoms with Crippen molar-refractivity contribution in [2.24, 2.45) is 0 Å². The monoisotopic (exact) mass is 272 g/mol. The Morgan fingerprint density at radius 1 is 1.00 bits per heavy atom. The van der Waals surface area contributed by atoms with E-state index in [2.05, 4.69) is 0 Å². The van der Waals surface area contributed by atoms with Gasteiger partial charge in [-0.2, -0.15) is 0 Å². The molecular formula is C16H13ClO2. The topological polar surface area (TPSA) is 33.4 Å². The minimum Gasteiger partial charge on any atom is -0.469 e. The van der Waals surface area contributed by atoms with Gasteiger partial charge in [-0.05, 0) is 30.0 Å². The van der Waals surface area contributed by atoms with Gasteiger partial charge in [0.2, 0.25) is 0 Å². The summed E-state index contributed by atoms with van der Waals surface area (Å²) < 4.78 is 5.26. The second kappa shape index (κ2) is 4.72. The molecule has 0 bridgehead atoms. The molecule has 1 atom stereocenters. The maximum atomic E-state index is 10.5. The van der Waals surface area contributed by atoms with E-state index in [1.807, 2.05) is 43.3 Å². The van der Waals surface area contributed by atoms with Crippen molar-refractivity contribution in [2.75, 3.05) is 0 Å². The molecule has 0 saturated carbocycles. The van der Waals surface area contributed by atoms with Gasteiger partial charge >= 0.3 is 0 Å². The zero-order chi connectivity index (χ0) is 13.4. The second-order valence-electron chi connectivity index (χ2n) is 4.52. The van der Waals surface area contributed by atoms with Gasteiger partial charge in [0.25, 0.3) is 0 Å². The molecule has 0 aliphatic carbocycles. The molecule has 0 radical (unpaired) electrons. The Morgan fingerprint density at radius 3 is 2.42 bits per heavy atom. The lowest BCUT2D eigenvalue weighted by Gasteiger charge is -2.14. The van der Waals surface area contributed by atoms with Crippen LogP contribution in [0, 0.1) is 6.92 Å². The number of halogens is 1. The summed E-state index contributed by atoms with van der Waals surface area (Å²) in [4.78, 5) is 0. The Bertz CT molecular complexity index is 730. The smallest absolute Gasteiger partial charge is 0.108 e. The molecule has 1 heterocycles. The second-order valence-corrected chi connectivity index (χ2v) is 4.92. The number of aryl methyl sites for hydroxylation is 1. The Morgan fingerprint density at radius 2 is 1.74 bits per heavy atom. The fraction of sp³-hybridized carbons (Fsp3) is 0.125. The van der Waals surface area contributed by atoms with Crippen molar-refractivity contribution < 1.29 is 9.52 Å². The van der Waals surface area contributed by atoms with E-state index in [1.165, 1.54) is 0 Å². The van der Waals surface area contributed by atoms with Gasteiger partial charge in [-0.1, -0.05) is 41.9 Å². The molecule has 0 amide bonds. The number of fused-ring (bicyclic) bond motifs is 1. The summed E-state index contributed by atoms with van der Waals surface area (Å²) in [6.45, 7) is 1.84. The van der Waals surface area contributed by atoms with E-state index in [1.54, 1.807) is 12.3 Å². The molecule has 0 spiro atoms. The molecule has 2 aromatic carbocycles. The SMILES string of the molecule is Cc1occc1C(O)c1ccc(Cl)c2ccccc12. The molecular weight excluding hydrogens is 260 g/mol. The predicted octanol–water partition coefficient (Wildman–Crippen LogP) is 4.48. The molecule has 3 heteroatoms. The number of hydrogen-bond acceptors (Lipinski definition) is 2. The highest BCUT2D eigenvalue weighted by Crippen LogP contribution is 2.33. The Labute approximate surface area is 116 Å². The molecule has 19 heavy (non-hydrogen) atoms. The van der Waals surface area contributed by atoms with Crippen molar-refractivity contribution in [3.63, 3.8) is 0 Å². The highest BCUT2D eigenvalue weighted by Gasteiger charge is 2.17. The molecule has 0 fully saturated rings. The standard InChI is InChI=1S/C16H13ClO2/c1-10-11(8-9-19-10)16(18)14-6-7-15(17)13-5-3-2-4-12(13)14/h2-9,16,18H,1H3. The Kier molecular flexibility index (Phi) is 3.05. The predicted molar refractivity (Wildman–Crippen MR) is 76.5 cm³/mol. The minimum absolute atomic E-state index is 0.690. The summed E-state index contributed by atoms with van der Waals surface area (Å²) in [6, 6.07) is 13.3. The first-order valence-corrected chi connectivity index (χ1v) is 6.45. The van der Waals surface area contributed by atoms with Crippen LogP contribution in [0.4, 0.5) is 0 Å². The normalized spacial score (nSPS) is 12.8. The first-order chi connectivity index (χ1) is 9.18. The average molecular weight is 273 g/mol. The van der Waals surface area contributed by atoms with Gasteiger partial charge in [0.1, 0.15) is 11.9 Å². The number of furan rings is 1. The van der Waals surface area contributed by atoms with Crippen LogP contribution in [0.5, 0.6) is 0 Å². The van der Waals surface area contributed by atoms with E-state index < -0.39 is 6.10 Å². The third kappa shape index (κ3) is 2.03. The summed E-state index contributed by atoms with van der Waals surface area (Å²) in [5, 5.41) is 13.1. The first kappa shape index (κ1) is 12.3. The molecule has 3 aromatic rings. The first-order valence-electron chi connectivity index (χ1n) is 6.07.